The Kier molecular flexibility index (Phi) is 6.77. The van der Waals surface area contributed by atoms with Crippen LogP contribution in [-0.4, -0.2) is 56.3 Å². The van der Waals surface area contributed by atoms with Gasteiger partial charge in [-0.05, 0) is 37.2 Å². The number of likely N-dealkylation sites (N-methyl/N-ethyl adjacent to an activating group) is 1. The lowest BCUT2D eigenvalue weighted by Crippen LogP contribution is -2.48. The van der Waals surface area contributed by atoms with E-state index in [1.807, 2.05) is 6.92 Å². The van der Waals surface area contributed by atoms with Crippen molar-refractivity contribution in [3.05, 3.63) is 24.3 Å². The maximum absolute atomic E-state index is 12.7. The van der Waals surface area contributed by atoms with Gasteiger partial charge < -0.3 is 10.2 Å². The Morgan fingerprint density at radius 1 is 1.08 bits per heavy atom. The van der Waals surface area contributed by atoms with Gasteiger partial charge in [-0.3, -0.25) is 4.79 Å². The molecule has 0 unspecified atom stereocenters. The number of carbonyl (C=O) groups is 1. The van der Waals surface area contributed by atoms with Crippen molar-refractivity contribution in [1.82, 2.24) is 9.21 Å². The molecule has 1 N–H and O–H groups in total. The van der Waals surface area contributed by atoms with Crippen LogP contribution in [0, 0.1) is 0 Å². The summed E-state index contributed by atoms with van der Waals surface area (Å²) in [6, 6.07) is 6.44. The van der Waals surface area contributed by atoms with Crippen LogP contribution in [0.1, 0.15) is 33.1 Å². The fourth-order valence-electron chi connectivity index (χ4n) is 2.71. The summed E-state index contributed by atoms with van der Waals surface area (Å²) < 4.78 is 26.9. The Morgan fingerprint density at radius 2 is 1.71 bits per heavy atom. The van der Waals surface area contributed by atoms with E-state index in [4.69, 9.17) is 0 Å². The molecular weight excluding hydrogens is 326 g/mol. The topological polar surface area (TPSA) is 69.7 Å². The molecule has 24 heavy (non-hydrogen) atoms. The molecule has 0 aromatic heterocycles. The molecule has 6 nitrogen and oxygen atoms in total. The summed E-state index contributed by atoms with van der Waals surface area (Å²) in [6.07, 6.45) is 2.30. The molecule has 1 amide bonds. The van der Waals surface area contributed by atoms with E-state index in [0.717, 1.165) is 32.5 Å². The molecule has 0 aliphatic carbocycles. The Morgan fingerprint density at radius 3 is 2.25 bits per heavy atom. The van der Waals surface area contributed by atoms with Gasteiger partial charge in [-0.15, -0.1) is 0 Å². The van der Waals surface area contributed by atoms with Crippen LogP contribution < -0.4 is 5.32 Å². The van der Waals surface area contributed by atoms with Crippen LogP contribution in [0.3, 0.4) is 0 Å². The minimum atomic E-state index is -3.46. The minimum Gasteiger partial charge on any atom is -0.326 e. The third-order valence-electron chi connectivity index (χ3n) is 4.31. The Balaban J connectivity index is 2.00. The van der Waals surface area contributed by atoms with E-state index < -0.39 is 10.0 Å². The van der Waals surface area contributed by atoms with E-state index in [9.17, 15) is 13.2 Å². The zero-order chi connectivity index (χ0) is 17.6. The van der Waals surface area contributed by atoms with E-state index in [1.165, 1.54) is 4.31 Å². The summed E-state index contributed by atoms with van der Waals surface area (Å²) in [4.78, 5) is 14.2. The largest absolute Gasteiger partial charge is 0.326 e. The average Bonchev–Trinajstić information content (AvgIpc) is 2.60. The predicted octanol–water partition coefficient (Wildman–Crippen LogP) is 2.14. The number of anilines is 1. The highest BCUT2D eigenvalue weighted by atomic mass is 32.2. The summed E-state index contributed by atoms with van der Waals surface area (Å²) in [5.74, 6) is -0.0388. The molecule has 0 bridgehead atoms. The molecule has 0 spiro atoms. The van der Waals surface area contributed by atoms with Gasteiger partial charge in [0, 0.05) is 38.3 Å². The van der Waals surface area contributed by atoms with E-state index in [1.54, 1.807) is 24.3 Å². The third-order valence-corrected chi connectivity index (χ3v) is 6.22. The Labute approximate surface area is 144 Å². The molecule has 1 saturated heterocycles. The quantitative estimate of drug-likeness (QED) is 0.815. The molecule has 0 radical (unpaired) electrons. The van der Waals surface area contributed by atoms with E-state index >= 15 is 0 Å². The average molecular weight is 353 g/mol. The van der Waals surface area contributed by atoms with Crippen LogP contribution in [0.25, 0.3) is 0 Å². The number of nitrogens with zero attached hydrogens (tertiary/aromatic N) is 2. The van der Waals surface area contributed by atoms with Gasteiger partial charge in [0.25, 0.3) is 0 Å². The van der Waals surface area contributed by atoms with Gasteiger partial charge in [-0.1, -0.05) is 20.3 Å². The van der Waals surface area contributed by atoms with Crippen molar-refractivity contribution in [3.63, 3.8) is 0 Å². The van der Waals surface area contributed by atoms with E-state index in [-0.39, 0.29) is 10.8 Å². The number of carbonyl (C=O) groups excluding carboxylic acids is 1. The predicted molar refractivity (Wildman–Crippen MR) is 95.5 cm³/mol. The van der Waals surface area contributed by atoms with Crippen LogP contribution in [0.4, 0.5) is 5.69 Å². The van der Waals surface area contributed by atoms with Gasteiger partial charge in [0.15, 0.2) is 0 Å². The summed E-state index contributed by atoms with van der Waals surface area (Å²) >= 11 is 0. The molecule has 1 heterocycles. The van der Waals surface area contributed by atoms with Crippen LogP contribution >= 0.6 is 0 Å². The maximum Gasteiger partial charge on any atom is 0.243 e. The second-order valence-electron chi connectivity index (χ2n) is 6.01. The smallest absolute Gasteiger partial charge is 0.243 e. The van der Waals surface area contributed by atoms with Gasteiger partial charge >= 0.3 is 0 Å². The third kappa shape index (κ3) is 4.78. The number of hydrogen-bond acceptors (Lipinski definition) is 4. The first-order valence-electron chi connectivity index (χ1n) is 8.59. The lowest BCUT2D eigenvalue weighted by Gasteiger charge is -2.33. The van der Waals surface area contributed by atoms with Gasteiger partial charge in [-0.2, -0.15) is 4.31 Å². The first kappa shape index (κ1) is 18.9. The summed E-state index contributed by atoms with van der Waals surface area (Å²) in [5, 5.41) is 2.79. The number of unbranched alkanes of at least 4 members (excludes halogenated alkanes) is 1. The Hall–Kier alpha value is -1.44. The Bertz CT molecular complexity index is 636. The molecule has 134 valence electrons. The molecule has 2 rings (SSSR count). The molecule has 0 saturated carbocycles. The van der Waals surface area contributed by atoms with Gasteiger partial charge in [0.2, 0.25) is 15.9 Å². The summed E-state index contributed by atoms with van der Waals surface area (Å²) in [5.41, 5.74) is 0.630. The van der Waals surface area contributed by atoms with Crippen molar-refractivity contribution in [2.75, 3.05) is 38.0 Å². The maximum atomic E-state index is 12.7. The molecule has 1 aliphatic heterocycles. The van der Waals surface area contributed by atoms with Crippen LogP contribution in [0.5, 0.6) is 0 Å². The highest BCUT2D eigenvalue weighted by Gasteiger charge is 2.27. The highest BCUT2D eigenvalue weighted by molar-refractivity contribution is 7.89. The SMILES string of the molecule is CCCCC(=O)Nc1ccc(S(=O)(=O)N2CCN(CC)CC2)cc1. The number of benzene rings is 1. The zero-order valence-corrected chi connectivity index (χ0v) is 15.3. The number of nitrogens with one attached hydrogen (secondary N) is 1. The first-order chi connectivity index (χ1) is 11.5. The van der Waals surface area contributed by atoms with Crippen molar-refractivity contribution in [2.45, 2.75) is 38.0 Å². The van der Waals surface area contributed by atoms with Crippen LogP contribution in [0.15, 0.2) is 29.2 Å². The molecule has 0 atom stereocenters. The van der Waals surface area contributed by atoms with Gasteiger partial charge in [0.05, 0.1) is 4.90 Å². The molecular formula is C17H27N3O3S. The van der Waals surface area contributed by atoms with Gasteiger partial charge in [-0.25, -0.2) is 8.42 Å². The standard InChI is InChI=1S/C17H27N3O3S/c1-3-5-6-17(21)18-15-7-9-16(10-8-15)24(22,23)20-13-11-19(4-2)12-14-20/h7-10H,3-6,11-14H2,1-2H3,(H,18,21). The number of hydrogen-bond donors (Lipinski definition) is 1. The van der Waals surface area contributed by atoms with Crippen molar-refractivity contribution < 1.29 is 13.2 Å². The number of amides is 1. The summed E-state index contributed by atoms with van der Waals surface area (Å²) in [6.45, 7) is 7.63. The molecule has 1 fully saturated rings. The zero-order valence-electron chi connectivity index (χ0n) is 14.5. The lowest BCUT2D eigenvalue weighted by atomic mass is 10.2. The second kappa shape index (κ2) is 8.60. The van der Waals surface area contributed by atoms with Crippen molar-refractivity contribution in [1.29, 1.82) is 0 Å². The molecule has 1 aromatic rings. The number of sulfonamides is 1. The molecule has 1 aliphatic rings. The van der Waals surface area contributed by atoms with Crippen LogP contribution in [-0.2, 0) is 14.8 Å². The van der Waals surface area contributed by atoms with Gasteiger partial charge in [0.1, 0.15) is 0 Å². The fourth-order valence-corrected chi connectivity index (χ4v) is 4.13. The van der Waals surface area contributed by atoms with Crippen molar-refractivity contribution in [2.24, 2.45) is 0 Å². The fraction of sp³-hybridized carbons (Fsp3) is 0.588. The normalized spacial score (nSPS) is 16.9. The summed E-state index contributed by atoms with van der Waals surface area (Å²) in [7, 11) is -3.46. The number of piperazine rings is 1. The van der Waals surface area contributed by atoms with E-state index in [2.05, 4.69) is 17.1 Å². The van der Waals surface area contributed by atoms with Crippen molar-refractivity contribution in [3.8, 4) is 0 Å². The molecule has 7 heteroatoms. The monoisotopic (exact) mass is 353 g/mol. The van der Waals surface area contributed by atoms with Crippen LogP contribution in [0.2, 0.25) is 0 Å². The minimum absolute atomic E-state index is 0.0388. The first-order valence-corrected chi connectivity index (χ1v) is 10.0. The number of rotatable bonds is 7. The second-order valence-corrected chi connectivity index (χ2v) is 7.95. The van der Waals surface area contributed by atoms with Crippen molar-refractivity contribution >= 4 is 21.6 Å². The molecule has 1 aromatic carbocycles. The lowest BCUT2D eigenvalue weighted by molar-refractivity contribution is -0.116. The van der Waals surface area contributed by atoms with E-state index in [0.29, 0.717) is 25.2 Å². The highest BCUT2D eigenvalue weighted by Crippen LogP contribution is 2.20.